The fourth-order valence-corrected chi connectivity index (χ4v) is 1.85. The van der Waals surface area contributed by atoms with E-state index in [2.05, 4.69) is 25.9 Å². The Morgan fingerprint density at radius 3 is 2.68 bits per heavy atom. The number of nitrogens with zero attached hydrogens (tertiary/aromatic N) is 2. The van der Waals surface area contributed by atoms with Crippen LogP contribution in [0, 0.1) is 5.92 Å². The van der Waals surface area contributed by atoms with Crippen LogP contribution in [0.4, 0.5) is 0 Å². The lowest BCUT2D eigenvalue weighted by molar-refractivity contribution is -0.122. The first-order valence-electron chi connectivity index (χ1n) is 7.49. The van der Waals surface area contributed by atoms with E-state index in [9.17, 15) is 4.79 Å². The van der Waals surface area contributed by atoms with Crippen LogP contribution in [-0.4, -0.2) is 36.5 Å². The fraction of sp³-hybridized carbons (Fsp3) is 0.533. The normalized spacial score (nSPS) is 14.0. The first kappa shape index (κ1) is 18.7. The standard InChI is InChI=1S/C15H23N5O.HI/c1-2-16-15(20-11-13-5-3-4-8-17-13)19-10-9-18-14(21)12-6-7-12;/h3-5,8,12H,2,6-7,9-11H2,1H3,(H,18,21)(H2,16,19,20);1H. The van der Waals surface area contributed by atoms with Crippen LogP contribution in [0.3, 0.4) is 0 Å². The first-order valence-corrected chi connectivity index (χ1v) is 7.49. The Bertz CT molecular complexity index is 476. The van der Waals surface area contributed by atoms with E-state index >= 15 is 0 Å². The second kappa shape index (κ2) is 10.4. The van der Waals surface area contributed by atoms with E-state index < -0.39 is 0 Å². The molecule has 0 aliphatic heterocycles. The minimum atomic E-state index is 0. The molecule has 1 aromatic rings. The van der Waals surface area contributed by atoms with E-state index in [1.54, 1.807) is 6.20 Å². The van der Waals surface area contributed by atoms with Gasteiger partial charge in [0, 0.05) is 31.7 Å². The van der Waals surface area contributed by atoms with Crippen molar-refractivity contribution in [3.05, 3.63) is 30.1 Å². The third-order valence-corrected chi connectivity index (χ3v) is 3.13. The lowest BCUT2D eigenvalue weighted by Gasteiger charge is -2.11. The van der Waals surface area contributed by atoms with Crippen molar-refractivity contribution in [1.82, 2.24) is 20.9 Å². The Balaban J connectivity index is 0.00000242. The maximum absolute atomic E-state index is 11.5. The summed E-state index contributed by atoms with van der Waals surface area (Å²) < 4.78 is 0. The molecule has 1 aliphatic rings. The highest BCUT2D eigenvalue weighted by atomic mass is 127. The number of hydrogen-bond acceptors (Lipinski definition) is 3. The highest BCUT2D eigenvalue weighted by Crippen LogP contribution is 2.28. The summed E-state index contributed by atoms with van der Waals surface area (Å²) in [4.78, 5) is 20.2. The molecule has 7 heteroatoms. The van der Waals surface area contributed by atoms with Gasteiger partial charge in [-0.25, -0.2) is 4.99 Å². The van der Waals surface area contributed by atoms with Gasteiger partial charge in [0.1, 0.15) is 0 Å². The van der Waals surface area contributed by atoms with Crippen LogP contribution in [0.1, 0.15) is 25.5 Å². The molecule has 2 rings (SSSR count). The number of halogens is 1. The Labute approximate surface area is 148 Å². The van der Waals surface area contributed by atoms with Crippen LogP contribution in [0.25, 0.3) is 0 Å². The number of rotatable bonds is 7. The molecule has 1 saturated carbocycles. The molecule has 0 radical (unpaired) electrons. The number of carbonyl (C=O) groups excluding carboxylic acids is 1. The van der Waals surface area contributed by atoms with Crippen LogP contribution < -0.4 is 16.0 Å². The molecule has 1 aliphatic carbocycles. The van der Waals surface area contributed by atoms with Crippen molar-refractivity contribution in [2.75, 3.05) is 19.6 Å². The first-order chi connectivity index (χ1) is 10.3. The van der Waals surface area contributed by atoms with Crippen molar-refractivity contribution in [1.29, 1.82) is 0 Å². The summed E-state index contributed by atoms with van der Waals surface area (Å²) in [6.45, 7) is 4.62. The molecule has 1 amide bonds. The lowest BCUT2D eigenvalue weighted by Crippen LogP contribution is -2.41. The van der Waals surface area contributed by atoms with E-state index in [1.165, 1.54) is 0 Å². The number of aromatic nitrogens is 1. The van der Waals surface area contributed by atoms with E-state index in [0.29, 0.717) is 19.6 Å². The molecule has 1 aromatic heterocycles. The number of aliphatic imine (C=N–C) groups is 1. The zero-order valence-electron chi connectivity index (χ0n) is 12.8. The molecular formula is C15H24IN5O. The average Bonchev–Trinajstić information content (AvgIpc) is 3.34. The van der Waals surface area contributed by atoms with Gasteiger partial charge in [-0.15, -0.1) is 24.0 Å². The number of hydrogen-bond donors (Lipinski definition) is 3. The van der Waals surface area contributed by atoms with Gasteiger partial charge < -0.3 is 16.0 Å². The van der Waals surface area contributed by atoms with Crippen LogP contribution in [0.5, 0.6) is 0 Å². The molecule has 0 spiro atoms. The van der Waals surface area contributed by atoms with Gasteiger partial charge >= 0.3 is 0 Å². The minimum absolute atomic E-state index is 0. The van der Waals surface area contributed by atoms with Crippen molar-refractivity contribution in [2.45, 2.75) is 26.3 Å². The zero-order valence-corrected chi connectivity index (χ0v) is 15.2. The maximum atomic E-state index is 11.5. The largest absolute Gasteiger partial charge is 0.357 e. The summed E-state index contributed by atoms with van der Waals surface area (Å²) in [7, 11) is 0. The molecule has 3 N–H and O–H groups in total. The molecular weight excluding hydrogens is 393 g/mol. The van der Waals surface area contributed by atoms with Gasteiger partial charge in [0.05, 0.1) is 12.2 Å². The summed E-state index contributed by atoms with van der Waals surface area (Å²) in [5, 5.41) is 9.30. The summed E-state index contributed by atoms with van der Waals surface area (Å²) in [6.07, 6.45) is 3.83. The molecule has 1 heterocycles. The van der Waals surface area contributed by atoms with Crippen molar-refractivity contribution < 1.29 is 4.79 Å². The third kappa shape index (κ3) is 7.06. The van der Waals surface area contributed by atoms with Crippen LogP contribution in [0.2, 0.25) is 0 Å². The fourth-order valence-electron chi connectivity index (χ4n) is 1.85. The van der Waals surface area contributed by atoms with E-state index in [-0.39, 0.29) is 35.8 Å². The van der Waals surface area contributed by atoms with Crippen LogP contribution >= 0.6 is 24.0 Å². The van der Waals surface area contributed by atoms with Crippen molar-refractivity contribution in [3.63, 3.8) is 0 Å². The zero-order chi connectivity index (χ0) is 14.9. The Morgan fingerprint density at radius 1 is 1.27 bits per heavy atom. The number of amides is 1. The molecule has 0 bridgehead atoms. The number of nitrogens with one attached hydrogen (secondary N) is 3. The summed E-state index contributed by atoms with van der Waals surface area (Å²) >= 11 is 0. The number of pyridine rings is 1. The van der Waals surface area contributed by atoms with Gasteiger partial charge in [-0.1, -0.05) is 6.07 Å². The summed E-state index contributed by atoms with van der Waals surface area (Å²) in [5.74, 6) is 1.17. The van der Waals surface area contributed by atoms with Gasteiger partial charge in [0.2, 0.25) is 5.91 Å². The molecule has 0 saturated heterocycles. The predicted octanol–water partition coefficient (Wildman–Crippen LogP) is 1.28. The van der Waals surface area contributed by atoms with Gasteiger partial charge in [-0.2, -0.15) is 0 Å². The summed E-state index contributed by atoms with van der Waals surface area (Å²) in [6, 6.07) is 5.79. The number of carbonyl (C=O) groups is 1. The average molecular weight is 417 g/mol. The van der Waals surface area contributed by atoms with Gasteiger partial charge in [0.25, 0.3) is 0 Å². The molecule has 122 valence electrons. The molecule has 1 fully saturated rings. The Hall–Kier alpha value is -1.38. The predicted molar refractivity (Wildman–Crippen MR) is 98.2 cm³/mol. The smallest absolute Gasteiger partial charge is 0.223 e. The maximum Gasteiger partial charge on any atom is 0.223 e. The molecule has 0 aromatic carbocycles. The topological polar surface area (TPSA) is 78.4 Å². The lowest BCUT2D eigenvalue weighted by atomic mass is 10.3. The summed E-state index contributed by atoms with van der Waals surface area (Å²) in [5.41, 5.74) is 0.928. The number of guanidine groups is 1. The van der Waals surface area contributed by atoms with Crippen LogP contribution in [0.15, 0.2) is 29.4 Å². The second-order valence-electron chi connectivity index (χ2n) is 5.01. The second-order valence-corrected chi connectivity index (χ2v) is 5.01. The molecule has 0 atom stereocenters. The quantitative estimate of drug-likeness (QED) is 0.270. The van der Waals surface area contributed by atoms with Crippen molar-refractivity contribution >= 4 is 35.8 Å². The molecule has 6 nitrogen and oxygen atoms in total. The van der Waals surface area contributed by atoms with E-state index in [1.807, 2.05) is 25.1 Å². The minimum Gasteiger partial charge on any atom is -0.357 e. The van der Waals surface area contributed by atoms with Crippen molar-refractivity contribution in [3.8, 4) is 0 Å². The SMILES string of the molecule is CCNC(=NCc1ccccn1)NCCNC(=O)C1CC1.I. The highest BCUT2D eigenvalue weighted by molar-refractivity contribution is 14.0. The molecule has 0 unspecified atom stereocenters. The van der Waals surface area contributed by atoms with Crippen LogP contribution in [-0.2, 0) is 11.3 Å². The van der Waals surface area contributed by atoms with E-state index in [4.69, 9.17) is 0 Å². The van der Waals surface area contributed by atoms with Gasteiger partial charge in [0.15, 0.2) is 5.96 Å². The third-order valence-electron chi connectivity index (χ3n) is 3.13. The molecule has 22 heavy (non-hydrogen) atoms. The monoisotopic (exact) mass is 417 g/mol. The highest BCUT2D eigenvalue weighted by Gasteiger charge is 2.28. The Kier molecular flexibility index (Phi) is 8.79. The van der Waals surface area contributed by atoms with Gasteiger partial charge in [-0.3, -0.25) is 9.78 Å². The van der Waals surface area contributed by atoms with Gasteiger partial charge in [-0.05, 0) is 31.9 Å². The van der Waals surface area contributed by atoms with E-state index in [0.717, 1.165) is 31.0 Å². The van der Waals surface area contributed by atoms with Crippen molar-refractivity contribution in [2.24, 2.45) is 10.9 Å². The Morgan fingerprint density at radius 2 is 2.05 bits per heavy atom.